The molecule has 8 heteroatoms. The zero-order valence-electron chi connectivity index (χ0n) is 18.1. The number of hydrogen-bond acceptors (Lipinski definition) is 4. The quantitative estimate of drug-likeness (QED) is 0.152. The van der Waals surface area contributed by atoms with E-state index in [0.717, 1.165) is 13.0 Å². The van der Waals surface area contributed by atoms with Gasteiger partial charge in [0, 0.05) is 38.3 Å². The smallest absolute Gasteiger partial charge is 0.251 e. The Balaban J connectivity index is 0.00000480. The Morgan fingerprint density at radius 3 is 2.39 bits per heavy atom. The van der Waals surface area contributed by atoms with Crippen LogP contribution in [-0.2, 0) is 4.74 Å². The summed E-state index contributed by atoms with van der Waals surface area (Å²) in [6, 6.07) is 16.3. The van der Waals surface area contributed by atoms with E-state index in [9.17, 15) is 9.90 Å². The molecule has 0 spiro atoms. The highest BCUT2D eigenvalue weighted by molar-refractivity contribution is 14.0. The van der Waals surface area contributed by atoms with Crippen LogP contribution in [-0.4, -0.2) is 49.8 Å². The van der Waals surface area contributed by atoms with Crippen LogP contribution in [0.3, 0.4) is 0 Å². The van der Waals surface area contributed by atoms with Crippen LogP contribution in [0.1, 0.15) is 42.3 Å². The lowest BCUT2D eigenvalue weighted by atomic mass is 10.1. The van der Waals surface area contributed by atoms with E-state index in [1.54, 1.807) is 12.1 Å². The first-order valence-electron chi connectivity index (χ1n) is 10.4. The molecule has 0 fully saturated rings. The number of benzene rings is 2. The number of guanidine groups is 1. The minimum Gasteiger partial charge on any atom is -0.508 e. The molecule has 1 unspecified atom stereocenters. The van der Waals surface area contributed by atoms with Gasteiger partial charge in [-0.3, -0.25) is 9.79 Å². The second-order valence-electron chi connectivity index (χ2n) is 6.77. The standard InChI is InChI=1S/C23H32N4O3.HI/c1-3-24-23(26-14-7-17-30-18(2)19-8-5-4-6-9-19)27-16-15-25-22(29)20-10-12-21(28)13-11-20;/h4-6,8-13,18,28H,3,7,14-17H2,1-2H3,(H,25,29)(H2,24,26,27);1H. The molecule has 4 N–H and O–H groups in total. The number of aromatic hydroxyl groups is 1. The summed E-state index contributed by atoms with van der Waals surface area (Å²) in [5, 5.41) is 18.5. The number of nitrogens with zero attached hydrogens (tertiary/aromatic N) is 1. The van der Waals surface area contributed by atoms with E-state index >= 15 is 0 Å². The van der Waals surface area contributed by atoms with E-state index in [2.05, 4.69) is 40.0 Å². The number of carbonyl (C=O) groups excluding carboxylic acids is 1. The van der Waals surface area contributed by atoms with Crippen molar-refractivity contribution in [2.75, 3.05) is 32.8 Å². The third-order valence-electron chi connectivity index (χ3n) is 4.39. The predicted octanol–water partition coefficient (Wildman–Crippen LogP) is 3.46. The Hall–Kier alpha value is -2.33. The average Bonchev–Trinajstić information content (AvgIpc) is 2.77. The Labute approximate surface area is 201 Å². The third kappa shape index (κ3) is 10.5. The maximum atomic E-state index is 12.0. The highest BCUT2D eigenvalue weighted by atomic mass is 127. The van der Waals surface area contributed by atoms with Gasteiger partial charge < -0.3 is 25.8 Å². The molecule has 0 aliphatic carbocycles. The van der Waals surface area contributed by atoms with Gasteiger partial charge >= 0.3 is 0 Å². The number of hydrogen-bond donors (Lipinski definition) is 4. The number of rotatable bonds is 11. The van der Waals surface area contributed by atoms with E-state index in [-0.39, 0.29) is 41.7 Å². The van der Waals surface area contributed by atoms with Crippen LogP contribution in [0.2, 0.25) is 0 Å². The first-order valence-corrected chi connectivity index (χ1v) is 10.4. The van der Waals surface area contributed by atoms with Crippen molar-refractivity contribution in [3.05, 3.63) is 65.7 Å². The summed E-state index contributed by atoms with van der Waals surface area (Å²) >= 11 is 0. The number of halogens is 1. The van der Waals surface area contributed by atoms with Crippen molar-refractivity contribution in [1.82, 2.24) is 16.0 Å². The molecule has 0 heterocycles. The number of carbonyl (C=O) groups is 1. The largest absolute Gasteiger partial charge is 0.508 e. The molecular formula is C23H33IN4O3. The average molecular weight is 540 g/mol. The molecule has 170 valence electrons. The van der Waals surface area contributed by atoms with Gasteiger partial charge in [0.15, 0.2) is 5.96 Å². The summed E-state index contributed by atoms with van der Waals surface area (Å²) in [5.74, 6) is 0.676. The SMILES string of the molecule is CCNC(=NCCCOC(C)c1ccccc1)NCCNC(=O)c1ccc(O)cc1.I. The van der Waals surface area contributed by atoms with Crippen molar-refractivity contribution in [3.8, 4) is 5.75 Å². The first kappa shape index (κ1) is 26.7. The highest BCUT2D eigenvalue weighted by Gasteiger charge is 2.05. The molecule has 0 radical (unpaired) electrons. The molecule has 0 aliphatic rings. The first-order chi connectivity index (χ1) is 14.6. The van der Waals surface area contributed by atoms with E-state index < -0.39 is 0 Å². The van der Waals surface area contributed by atoms with Gasteiger partial charge in [-0.2, -0.15) is 0 Å². The Morgan fingerprint density at radius 2 is 1.71 bits per heavy atom. The van der Waals surface area contributed by atoms with Crippen LogP contribution in [0.5, 0.6) is 5.75 Å². The Kier molecular flexibility index (Phi) is 13.3. The number of aliphatic imine (C=N–C) groups is 1. The Morgan fingerprint density at radius 1 is 1.03 bits per heavy atom. The minimum absolute atomic E-state index is 0. The summed E-state index contributed by atoms with van der Waals surface area (Å²) < 4.78 is 5.87. The highest BCUT2D eigenvalue weighted by Crippen LogP contribution is 2.15. The maximum absolute atomic E-state index is 12.0. The van der Waals surface area contributed by atoms with E-state index in [1.807, 2.05) is 25.1 Å². The normalized spacial score (nSPS) is 11.9. The molecule has 0 bridgehead atoms. The monoisotopic (exact) mass is 540 g/mol. The van der Waals surface area contributed by atoms with Gasteiger partial charge in [0.2, 0.25) is 0 Å². The van der Waals surface area contributed by atoms with E-state index in [0.29, 0.717) is 37.8 Å². The van der Waals surface area contributed by atoms with Gasteiger partial charge in [-0.25, -0.2) is 0 Å². The molecule has 31 heavy (non-hydrogen) atoms. The van der Waals surface area contributed by atoms with Gasteiger partial charge in [0.1, 0.15) is 5.75 Å². The molecule has 0 saturated heterocycles. The van der Waals surface area contributed by atoms with Crippen molar-refractivity contribution in [3.63, 3.8) is 0 Å². The van der Waals surface area contributed by atoms with Crippen LogP contribution >= 0.6 is 24.0 Å². The fourth-order valence-corrected chi connectivity index (χ4v) is 2.75. The minimum atomic E-state index is -0.177. The summed E-state index contributed by atoms with van der Waals surface area (Å²) in [7, 11) is 0. The van der Waals surface area contributed by atoms with Crippen molar-refractivity contribution in [1.29, 1.82) is 0 Å². The number of phenolic OH excluding ortho intramolecular Hbond substituents is 1. The Bertz CT molecular complexity index is 785. The predicted molar refractivity (Wildman–Crippen MR) is 135 cm³/mol. The van der Waals surface area contributed by atoms with Gasteiger partial charge in [-0.1, -0.05) is 30.3 Å². The number of ether oxygens (including phenoxy) is 1. The molecule has 0 saturated carbocycles. The molecule has 2 aromatic carbocycles. The summed E-state index contributed by atoms with van der Waals surface area (Å²) in [5.41, 5.74) is 1.68. The second kappa shape index (κ2) is 15.5. The topological polar surface area (TPSA) is 95.0 Å². The molecule has 1 amide bonds. The lowest BCUT2D eigenvalue weighted by Crippen LogP contribution is -2.41. The lowest BCUT2D eigenvalue weighted by Gasteiger charge is -2.14. The van der Waals surface area contributed by atoms with Crippen molar-refractivity contribution in [2.24, 2.45) is 4.99 Å². The van der Waals surface area contributed by atoms with Crippen molar-refractivity contribution < 1.29 is 14.6 Å². The second-order valence-corrected chi connectivity index (χ2v) is 6.77. The summed E-state index contributed by atoms with van der Waals surface area (Å²) in [4.78, 5) is 16.6. The molecule has 2 aromatic rings. The fraction of sp³-hybridized carbons (Fsp3) is 0.391. The molecule has 0 aromatic heterocycles. The van der Waals surface area contributed by atoms with Gasteiger partial charge in [-0.05, 0) is 50.1 Å². The maximum Gasteiger partial charge on any atom is 0.251 e. The molecule has 1 atom stereocenters. The number of amides is 1. The van der Waals surface area contributed by atoms with Gasteiger partial charge in [0.05, 0.1) is 6.10 Å². The van der Waals surface area contributed by atoms with Crippen LogP contribution in [0.25, 0.3) is 0 Å². The summed E-state index contributed by atoms with van der Waals surface area (Å²) in [6.45, 7) is 7.12. The fourth-order valence-electron chi connectivity index (χ4n) is 2.75. The lowest BCUT2D eigenvalue weighted by molar-refractivity contribution is 0.0652. The number of phenols is 1. The van der Waals surface area contributed by atoms with E-state index in [4.69, 9.17) is 4.74 Å². The van der Waals surface area contributed by atoms with E-state index in [1.165, 1.54) is 17.7 Å². The van der Waals surface area contributed by atoms with Crippen LogP contribution in [0.15, 0.2) is 59.6 Å². The molecule has 0 aliphatic heterocycles. The van der Waals surface area contributed by atoms with Crippen molar-refractivity contribution in [2.45, 2.75) is 26.4 Å². The summed E-state index contributed by atoms with van der Waals surface area (Å²) in [6.07, 6.45) is 0.893. The van der Waals surface area contributed by atoms with Gasteiger partial charge in [-0.15, -0.1) is 24.0 Å². The third-order valence-corrected chi connectivity index (χ3v) is 4.39. The van der Waals surface area contributed by atoms with Crippen LogP contribution in [0.4, 0.5) is 0 Å². The molecular weight excluding hydrogens is 507 g/mol. The van der Waals surface area contributed by atoms with Crippen molar-refractivity contribution >= 4 is 35.8 Å². The van der Waals surface area contributed by atoms with Crippen LogP contribution < -0.4 is 16.0 Å². The van der Waals surface area contributed by atoms with Crippen LogP contribution in [0, 0.1) is 0 Å². The number of nitrogens with one attached hydrogen (secondary N) is 3. The van der Waals surface area contributed by atoms with Gasteiger partial charge in [0.25, 0.3) is 5.91 Å². The zero-order valence-corrected chi connectivity index (χ0v) is 20.5. The zero-order chi connectivity index (χ0) is 21.6. The molecule has 2 rings (SSSR count). The molecule has 7 nitrogen and oxygen atoms in total.